The van der Waals surface area contributed by atoms with E-state index in [0.29, 0.717) is 6.54 Å². The summed E-state index contributed by atoms with van der Waals surface area (Å²) in [6.45, 7) is 1.50. The number of aliphatic carboxylic acids is 1. The number of ether oxygens (including phenoxy) is 1. The standard InChI is InChI=1S/C18H18BrNO3/c19-14-3-1-4-16(11-14)23-15-8-6-13(7-9-15)12-20-10-2-5-17(20)18(21)22/h1,3-4,6-9,11,17H,2,5,10,12H2,(H,21,22)/t17-/m0/s1. The monoisotopic (exact) mass is 375 g/mol. The molecule has 0 unspecified atom stereocenters. The summed E-state index contributed by atoms with van der Waals surface area (Å²) in [6, 6.07) is 15.2. The Morgan fingerprint density at radius 2 is 2.00 bits per heavy atom. The molecular formula is C18H18BrNO3. The van der Waals surface area contributed by atoms with Crippen molar-refractivity contribution in [3.8, 4) is 11.5 Å². The lowest BCUT2D eigenvalue weighted by molar-refractivity contribution is -0.142. The van der Waals surface area contributed by atoms with Gasteiger partial charge in [-0.1, -0.05) is 34.1 Å². The summed E-state index contributed by atoms with van der Waals surface area (Å²) in [4.78, 5) is 13.2. The van der Waals surface area contributed by atoms with Crippen LogP contribution in [0.2, 0.25) is 0 Å². The van der Waals surface area contributed by atoms with E-state index in [1.807, 2.05) is 53.4 Å². The van der Waals surface area contributed by atoms with Gasteiger partial charge in [-0.3, -0.25) is 9.69 Å². The second-order valence-electron chi connectivity index (χ2n) is 5.67. The van der Waals surface area contributed by atoms with Crippen molar-refractivity contribution in [3.63, 3.8) is 0 Å². The van der Waals surface area contributed by atoms with Crippen LogP contribution in [-0.2, 0) is 11.3 Å². The topological polar surface area (TPSA) is 49.8 Å². The van der Waals surface area contributed by atoms with Gasteiger partial charge in [-0.2, -0.15) is 0 Å². The van der Waals surface area contributed by atoms with Gasteiger partial charge in [-0.15, -0.1) is 0 Å². The van der Waals surface area contributed by atoms with E-state index in [2.05, 4.69) is 15.9 Å². The molecule has 3 rings (SSSR count). The molecule has 1 aliphatic heterocycles. The molecule has 0 spiro atoms. The third-order valence-electron chi connectivity index (χ3n) is 3.99. The average Bonchev–Trinajstić information content (AvgIpc) is 2.98. The summed E-state index contributed by atoms with van der Waals surface area (Å²) in [6.07, 6.45) is 1.68. The van der Waals surface area contributed by atoms with Crippen LogP contribution in [-0.4, -0.2) is 28.6 Å². The number of carboxylic acid groups (broad SMARTS) is 1. The lowest BCUT2D eigenvalue weighted by Gasteiger charge is -2.21. The van der Waals surface area contributed by atoms with E-state index < -0.39 is 5.97 Å². The molecule has 23 heavy (non-hydrogen) atoms. The van der Waals surface area contributed by atoms with Crippen molar-refractivity contribution in [2.24, 2.45) is 0 Å². The molecule has 1 N–H and O–H groups in total. The Morgan fingerprint density at radius 3 is 2.70 bits per heavy atom. The molecule has 1 saturated heterocycles. The van der Waals surface area contributed by atoms with E-state index >= 15 is 0 Å². The second-order valence-corrected chi connectivity index (χ2v) is 6.59. The molecule has 0 saturated carbocycles. The van der Waals surface area contributed by atoms with Crippen LogP contribution in [0.1, 0.15) is 18.4 Å². The van der Waals surface area contributed by atoms with Crippen LogP contribution in [0, 0.1) is 0 Å². The van der Waals surface area contributed by atoms with Crippen LogP contribution in [0.25, 0.3) is 0 Å². The molecule has 1 atom stereocenters. The summed E-state index contributed by atoms with van der Waals surface area (Å²) >= 11 is 3.42. The van der Waals surface area contributed by atoms with E-state index in [1.165, 1.54) is 0 Å². The molecule has 5 heteroatoms. The maximum absolute atomic E-state index is 11.2. The number of likely N-dealkylation sites (tertiary alicyclic amines) is 1. The number of hydrogen-bond donors (Lipinski definition) is 1. The molecule has 120 valence electrons. The Hall–Kier alpha value is -1.85. The van der Waals surface area contributed by atoms with Crippen LogP contribution in [0.15, 0.2) is 53.0 Å². The van der Waals surface area contributed by atoms with Gasteiger partial charge in [0, 0.05) is 11.0 Å². The second kappa shape index (κ2) is 7.15. The van der Waals surface area contributed by atoms with Gasteiger partial charge in [0.25, 0.3) is 0 Å². The van der Waals surface area contributed by atoms with Gasteiger partial charge < -0.3 is 9.84 Å². The molecule has 1 heterocycles. The Bertz CT molecular complexity index is 687. The van der Waals surface area contributed by atoms with Gasteiger partial charge in [-0.25, -0.2) is 0 Å². The minimum atomic E-state index is -0.725. The molecule has 1 fully saturated rings. The molecule has 0 radical (unpaired) electrons. The Labute approximate surface area is 143 Å². The van der Waals surface area contributed by atoms with Crippen molar-refractivity contribution in [1.82, 2.24) is 4.90 Å². The first-order valence-corrected chi connectivity index (χ1v) is 8.40. The van der Waals surface area contributed by atoms with Crippen molar-refractivity contribution in [2.75, 3.05) is 6.54 Å². The fourth-order valence-corrected chi connectivity index (χ4v) is 3.24. The van der Waals surface area contributed by atoms with Crippen LogP contribution < -0.4 is 4.74 Å². The largest absolute Gasteiger partial charge is 0.480 e. The number of benzene rings is 2. The summed E-state index contributed by atoms with van der Waals surface area (Å²) in [5.41, 5.74) is 1.10. The first kappa shape index (κ1) is 16.0. The zero-order valence-electron chi connectivity index (χ0n) is 12.6. The smallest absolute Gasteiger partial charge is 0.320 e. The van der Waals surface area contributed by atoms with E-state index in [0.717, 1.165) is 40.9 Å². The maximum atomic E-state index is 11.2. The molecular weight excluding hydrogens is 358 g/mol. The van der Waals surface area contributed by atoms with Crippen LogP contribution in [0.5, 0.6) is 11.5 Å². The highest BCUT2D eigenvalue weighted by molar-refractivity contribution is 9.10. The molecule has 4 nitrogen and oxygen atoms in total. The third-order valence-corrected chi connectivity index (χ3v) is 4.48. The van der Waals surface area contributed by atoms with E-state index in [-0.39, 0.29) is 6.04 Å². The maximum Gasteiger partial charge on any atom is 0.320 e. The van der Waals surface area contributed by atoms with E-state index in [1.54, 1.807) is 0 Å². The number of carboxylic acids is 1. The van der Waals surface area contributed by atoms with Gasteiger partial charge >= 0.3 is 5.97 Å². The molecule has 0 aliphatic carbocycles. The summed E-state index contributed by atoms with van der Waals surface area (Å²) in [7, 11) is 0. The minimum Gasteiger partial charge on any atom is -0.480 e. The average molecular weight is 376 g/mol. The molecule has 0 bridgehead atoms. The highest BCUT2D eigenvalue weighted by Crippen LogP contribution is 2.26. The van der Waals surface area contributed by atoms with E-state index in [4.69, 9.17) is 4.74 Å². The van der Waals surface area contributed by atoms with Gasteiger partial charge in [0.15, 0.2) is 0 Å². The molecule has 0 amide bonds. The van der Waals surface area contributed by atoms with E-state index in [9.17, 15) is 9.90 Å². The fourth-order valence-electron chi connectivity index (χ4n) is 2.86. The number of nitrogens with zero attached hydrogens (tertiary/aromatic N) is 1. The molecule has 0 aromatic heterocycles. The zero-order valence-corrected chi connectivity index (χ0v) is 14.2. The Morgan fingerprint density at radius 1 is 1.22 bits per heavy atom. The van der Waals surface area contributed by atoms with Crippen LogP contribution >= 0.6 is 15.9 Å². The lowest BCUT2D eigenvalue weighted by Crippen LogP contribution is -2.35. The molecule has 2 aromatic rings. The number of rotatable bonds is 5. The van der Waals surface area contributed by atoms with Crippen molar-refractivity contribution >= 4 is 21.9 Å². The Kier molecular flexibility index (Phi) is 4.98. The van der Waals surface area contributed by atoms with Crippen molar-refractivity contribution in [3.05, 3.63) is 58.6 Å². The SMILES string of the molecule is O=C(O)[C@@H]1CCCN1Cc1ccc(Oc2cccc(Br)c2)cc1. The van der Waals surface area contributed by atoms with Crippen molar-refractivity contribution in [1.29, 1.82) is 0 Å². The first-order chi connectivity index (χ1) is 11.1. The highest BCUT2D eigenvalue weighted by Gasteiger charge is 2.30. The van der Waals surface area contributed by atoms with Crippen molar-refractivity contribution < 1.29 is 14.6 Å². The number of halogens is 1. The predicted molar refractivity (Wildman–Crippen MR) is 91.7 cm³/mol. The van der Waals surface area contributed by atoms with Gasteiger partial charge in [0.2, 0.25) is 0 Å². The quantitative estimate of drug-likeness (QED) is 0.846. The number of carbonyl (C=O) groups is 1. The third kappa shape index (κ3) is 4.12. The van der Waals surface area contributed by atoms with Crippen LogP contribution in [0.4, 0.5) is 0 Å². The highest BCUT2D eigenvalue weighted by atomic mass is 79.9. The molecule has 2 aromatic carbocycles. The van der Waals surface area contributed by atoms with Gasteiger partial charge in [0.05, 0.1) is 0 Å². The summed E-state index contributed by atoms with van der Waals surface area (Å²) in [5.74, 6) is 0.817. The normalized spacial score (nSPS) is 18.0. The minimum absolute atomic E-state index is 0.354. The summed E-state index contributed by atoms with van der Waals surface area (Å²) in [5, 5.41) is 9.23. The Balaban J connectivity index is 1.64. The van der Waals surface area contributed by atoms with Crippen molar-refractivity contribution in [2.45, 2.75) is 25.4 Å². The van der Waals surface area contributed by atoms with Gasteiger partial charge in [-0.05, 0) is 55.3 Å². The zero-order chi connectivity index (χ0) is 16.2. The predicted octanol–water partition coefficient (Wildman–Crippen LogP) is 4.29. The van der Waals surface area contributed by atoms with Gasteiger partial charge in [0.1, 0.15) is 17.5 Å². The molecule has 1 aliphatic rings. The first-order valence-electron chi connectivity index (χ1n) is 7.61. The fraction of sp³-hybridized carbons (Fsp3) is 0.278. The summed E-state index contributed by atoms with van der Waals surface area (Å²) < 4.78 is 6.78. The van der Waals surface area contributed by atoms with Crippen LogP contribution in [0.3, 0.4) is 0 Å². The number of hydrogen-bond acceptors (Lipinski definition) is 3. The lowest BCUT2D eigenvalue weighted by atomic mass is 10.2.